The third-order valence-electron chi connectivity index (χ3n) is 4.27. The van der Waals surface area contributed by atoms with Crippen LogP contribution in [0.1, 0.15) is 36.2 Å². The molecular weight excluding hydrogens is 328 g/mol. The van der Waals surface area contributed by atoms with E-state index in [1.807, 2.05) is 24.3 Å². The third kappa shape index (κ3) is 4.27. The predicted octanol–water partition coefficient (Wildman–Crippen LogP) is 2.30. The number of methoxy groups -OCH3 is 1. The summed E-state index contributed by atoms with van der Waals surface area (Å²) in [5.41, 5.74) is 7.20. The summed E-state index contributed by atoms with van der Waals surface area (Å²) in [6.45, 7) is 0. The summed E-state index contributed by atoms with van der Waals surface area (Å²) in [4.78, 5) is 12.3. The zero-order chi connectivity index (χ0) is 16.2. The second kappa shape index (κ2) is 8.17. The molecule has 6 nitrogen and oxygen atoms in total. The van der Waals surface area contributed by atoms with E-state index in [-0.39, 0.29) is 30.4 Å². The van der Waals surface area contributed by atoms with Crippen LogP contribution in [0.2, 0.25) is 0 Å². The smallest absolute Gasteiger partial charge is 0.272 e. The lowest BCUT2D eigenvalue weighted by Gasteiger charge is -2.26. The molecule has 1 amide bonds. The van der Waals surface area contributed by atoms with Gasteiger partial charge in [-0.3, -0.25) is 4.79 Å². The number of amides is 1. The Hall–Kier alpha value is -2.05. The van der Waals surface area contributed by atoms with Crippen LogP contribution in [-0.2, 0) is 0 Å². The third-order valence-corrected chi connectivity index (χ3v) is 4.27. The molecule has 1 aliphatic rings. The van der Waals surface area contributed by atoms with Gasteiger partial charge in [0.25, 0.3) is 5.91 Å². The maximum absolute atomic E-state index is 12.3. The number of carbonyl (C=O) groups excluding carboxylic acids is 1. The van der Waals surface area contributed by atoms with Crippen LogP contribution in [0.4, 0.5) is 0 Å². The lowest BCUT2D eigenvalue weighted by molar-refractivity contribution is 0.0920. The molecule has 130 valence electrons. The Morgan fingerprint density at radius 3 is 2.50 bits per heavy atom. The van der Waals surface area contributed by atoms with Gasteiger partial charge in [-0.05, 0) is 56.0 Å². The summed E-state index contributed by atoms with van der Waals surface area (Å²) < 4.78 is 6.82. The maximum atomic E-state index is 12.3. The van der Waals surface area contributed by atoms with E-state index in [0.29, 0.717) is 5.69 Å². The van der Waals surface area contributed by atoms with Gasteiger partial charge in [0.05, 0.1) is 12.8 Å². The van der Waals surface area contributed by atoms with Crippen LogP contribution in [0.25, 0.3) is 5.69 Å². The molecule has 0 unspecified atom stereocenters. The molecule has 0 saturated heterocycles. The van der Waals surface area contributed by atoms with Gasteiger partial charge in [-0.1, -0.05) is 0 Å². The van der Waals surface area contributed by atoms with E-state index in [9.17, 15) is 4.79 Å². The van der Waals surface area contributed by atoms with Crippen LogP contribution in [0, 0.1) is 0 Å². The quantitative estimate of drug-likeness (QED) is 0.886. The van der Waals surface area contributed by atoms with E-state index in [0.717, 1.165) is 37.1 Å². The summed E-state index contributed by atoms with van der Waals surface area (Å²) in [5, 5.41) is 7.40. The molecule has 3 rings (SSSR count). The first-order chi connectivity index (χ1) is 11.2. The van der Waals surface area contributed by atoms with Crippen molar-refractivity contribution in [1.29, 1.82) is 0 Å². The van der Waals surface area contributed by atoms with Crippen LogP contribution < -0.4 is 15.8 Å². The highest BCUT2D eigenvalue weighted by molar-refractivity contribution is 5.92. The minimum Gasteiger partial charge on any atom is -0.497 e. The van der Waals surface area contributed by atoms with E-state index in [1.54, 1.807) is 24.1 Å². The molecular formula is C17H23ClN4O2. The molecule has 0 radical (unpaired) electrons. The number of hydrogen-bond donors (Lipinski definition) is 2. The van der Waals surface area contributed by atoms with Crippen molar-refractivity contribution >= 4 is 18.3 Å². The SMILES string of the molecule is COc1ccc(-n2ccc(C(=O)NC3CCC(N)CC3)n2)cc1.Cl. The average Bonchev–Trinajstić information content (AvgIpc) is 3.07. The Morgan fingerprint density at radius 2 is 1.88 bits per heavy atom. The zero-order valence-electron chi connectivity index (χ0n) is 13.6. The molecule has 1 fully saturated rings. The second-order valence-electron chi connectivity index (χ2n) is 5.93. The van der Waals surface area contributed by atoms with Gasteiger partial charge in [0.1, 0.15) is 5.75 Å². The van der Waals surface area contributed by atoms with Crippen molar-refractivity contribution in [2.75, 3.05) is 7.11 Å². The fourth-order valence-corrected chi connectivity index (χ4v) is 2.85. The minimum atomic E-state index is -0.127. The van der Waals surface area contributed by atoms with Crippen molar-refractivity contribution in [1.82, 2.24) is 15.1 Å². The Bertz CT molecular complexity index is 663. The van der Waals surface area contributed by atoms with Gasteiger partial charge in [0.15, 0.2) is 5.69 Å². The molecule has 0 aliphatic heterocycles. The Labute approximate surface area is 147 Å². The van der Waals surface area contributed by atoms with Crippen LogP contribution in [-0.4, -0.2) is 34.9 Å². The number of aromatic nitrogens is 2. The van der Waals surface area contributed by atoms with Gasteiger partial charge < -0.3 is 15.8 Å². The van der Waals surface area contributed by atoms with Crippen LogP contribution in [0.3, 0.4) is 0 Å². The topological polar surface area (TPSA) is 82.2 Å². The Balaban J connectivity index is 0.00000208. The molecule has 0 bridgehead atoms. The van der Waals surface area contributed by atoms with E-state index in [1.165, 1.54) is 0 Å². The molecule has 0 atom stereocenters. The molecule has 7 heteroatoms. The van der Waals surface area contributed by atoms with Crippen molar-refractivity contribution in [3.63, 3.8) is 0 Å². The summed E-state index contributed by atoms with van der Waals surface area (Å²) in [6.07, 6.45) is 5.59. The van der Waals surface area contributed by atoms with E-state index in [2.05, 4.69) is 10.4 Å². The number of halogens is 1. The summed E-state index contributed by atoms with van der Waals surface area (Å²) in [6, 6.07) is 9.73. The lowest BCUT2D eigenvalue weighted by atomic mass is 9.92. The van der Waals surface area contributed by atoms with Gasteiger partial charge in [0.2, 0.25) is 0 Å². The van der Waals surface area contributed by atoms with E-state index >= 15 is 0 Å². The lowest BCUT2D eigenvalue weighted by Crippen LogP contribution is -2.40. The van der Waals surface area contributed by atoms with Gasteiger partial charge in [-0.25, -0.2) is 4.68 Å². The molecule has 2 aromatic rings. The average molecular weight is 351 g/mol. The van der Waals surface area contributed by atoms with E-state index < -0.39 is 0 Å². The molecule has 1 aromatic carbocycles. The molecule has 1 saturated carbocycles. The van der Waals surface area contributed by atoms with Crippen molar-refractivity contribution in [2.24, 2.45) is 5.73 Å². The standard InChI is InChI=1S/C17H22N4O2.ClH/c1-23-15-8-6-14(7-9-15)21-11-10-16(20-21)17(22)19-13-4-2-12(18)3-5-13;/h6-13H,2-5,18H2,1H3,(H,19,22);1H. The van der Waals surface area contributed by atoms with Gasteiger partial charge in [-0.2, -0.15) is 5.10 Å². The number of nitrogens with zero attached hydrogens (tertiary/aromatic N) is 2. The number of carbonyl (C=O) groups is 1. The molecule has 24 heavy (non-hydrogen) atoms. The highest BCUT2D eigenvalue weighted by Gasteiger charge is 2.21. The summed E-state index contributed by atoms with van der Waals surface area (Å²) in [5.74, 6) is 0.659. The van der Waals surface area contributed by atoms with Crippen molar-refractivity contribution in [3.8, 4) is 11.4 Å². The van der Waals surface area contributed by atoms with Crippen molar-refractivity contribution in [3.05, 3.63) is 42.2 Å². The van der Waals surface area contributed by atoms with E-state index in [4.69, 9.17) is 10.5 Å². The summed E-state index contributed by atoms with van der Waals surface area (Å²) in [7, 11) is 1.63. The van der Waals surface area contributed by atoms with Crippen molar-refractivity contribution in [2.45, 2.75) is 37.8 Å². The fraction of sp³-hybridized carbons (Fsp3) is 0.412. The number of hydrogen-bond acceptors (Lipinski definition) is 4. The first-order valence-electron chi connectivity index (χ1n) is 7.92. The highest BCUT2D eigenvalue weighted by atomic mass is 35.5. The highest BCUT2D eigenvalue weighted by Crippen LogP contribution is 2.18. The number of benzene rings is 1. The first-order valence-corrected chi connectivity index (χ1v) is 7.92. The molecule has 1 aliphatic carbocycles. The largest absolute Gasteiger partial charge is 0.497 e. The number of nitrogens with one attached hydrogen (secondary N) is 1. The Morgan fingerprint density at radius 1 is 1.21 bits per heavy atom. The second-order valence-corrected chi connectivity index (χ2v) is 5.93. The van der Waals surface area contributed by atoms with Crippen LogP contribution in [0.5, 0.6) is 5.75 Å². The number of rotatable bonds is 4. The predicted molar refractivity (Wildman–Crippen MR) is 95.1 cm³/mol. The monoisotopic (exact) mass is 350 g/mol. The zero-order valence-corrected chi connectivity index (χ0v) is 14.5. The van der Waals surface area contributed by atoms with Gasteiger partial charge in [0, 0.05) is 18.3 Å². The Kier molecular flexibility index (Phi) is 6.23. The number of nitrogens with two attached hydrogens (primary N) is 1. The van der Waals surface area contributed by atoms with Gasteiger partial charge in [-0.15, -0.1) is 12.4 Å². The molecule has 3 N–H and O–H groups in total. The van der Waals surface area contributed by atoms with Gasteiger partial charge >= 0.3 is 0 Å². The molecule has 0 spiro atoms. The molecule has 1 heterocycles. The summed E-state index contributed by atoms with van der Waals surface area (Å²) >= 11 is 0. The minimum absolute atomic E-state index is 0. The number of ether oxygens (including phenoxy) is 1. The maximum Gasteiger partial charge on any atom is 0.272 e. The van der Waals surface area contributed by atoms with Crippen molar-refractivity contribution < 1.29 is 9.53 Å². The molecule has 1 aromatic heterocycles. The van der Waals surface area contributed by atoms with Crippen LogP contribution in [0.15, 0.2) is 36.5 Å². The fourth-order valence-electron chi connectivity index (χ4n) is 2.85. The van der Waals surface area contributed by atoms with Crippen LogP contribution >= 0.6 is 12.4 Å². The first kappa shape index (κ1) is 18.3. The normalized spacial score (nSPS) is 20.1.